The Labute approximate surface area is 103 Å². The van der Waals surface area contributed by atoms with Crippen molar-refractivity contribution in [3.8, 4) is 0 Å². The van der Waals surface area contributed by atoms with E-state index in [2.05, 4.69) is 6.92 Å². The fourth-order valence-corrected chi connectivity index (χ4v) is 1.36. The van der Waals surface area contributed by atoms with Crippen molar-refractivity contribution in [2.45, 2.75) is 12.6 Å². The molecule has 0 aromatic heterocycles. The van der Waals surface area contributed by atoms with E-state index in [-0.39, 0.29) is 12.3 Å². The summed E-state index contributed by atoms with van der Waals surface area (Å²) < 4.78 is 42.9. The third kappa shape index (κ3) is 3.38. The Morgan fingerprint density at radius 1 is 1.39 bits per heavy atom. The quantitative estimate of drug-likeness (QED) is 0.832. The molecule has 1 radical (unpaired) electrons. The molecule has 0 aliphatic carbocycles. The van der Waals surface area contributed by atoms with E-state index in [9.17, 15) is 18.0 Å². The van der Waals surface area contributed by atoms with E-state index in [1.807, 2.05) is 0 Å². The molecule has 0 saturated heterocycles. The molecule has 6 heteroatoms. The van der Waals surface area contributed by atoms with Gasteiger partial charge >= 0.3 is 12.3 Å². The zero-order valence-electron chi connectivity index (χ0n) is 9.83. The van der Waals surface area contributed by atoms with Crippen LogP contribution in [-0.2, 0) is 10.9 Å². The molecular weight excluding hydrogens is 247 g/mol. The predicted molar refractivity (Wildman–Crippen MR) is 61.2 cm³/mol. The van der Waals surface area contributed by atoms with E-state index in [1.54, 1.807) is 0 Å². The summed E-state index contributed by atoms with van der Waals surface area (Å²) in [5.41, 5.74) is -1.11. The van der Waals surface area contributed by atoms with Gasteiger partial charge in [-0.25, -0.2) is 4.79 Å². The van der Waals surface area contributed by atoms with Gasteiger partial charge in [0.25, 0.3) is 0 Å². The van der Waals surface area contributed by atoms with Gasteiger partial charge in [0.05, 0.1) is 17.9 Å². The second kappa shape index (κ2) is 5.75. The lowest BCUT2D eigenvalue weighted by Gasteiger charge is -2.21. The summed E-state index contributed by atoms with van der Waals surface area (Å²) in [4.78, 5) is 12.3. The number of hydrogen-bond donors (Lipinski definition) is 0. The second-order valence-corrected chi connectivity index (χ2v) is 3.54. The molecule has 0 aliphatic heterocycles. The van der Waals surface area contributed by atoms with Crippen LogP contribution in [0.15, 0.2) is 24.3 Å². The summed E-state index contributed by atoms with van der Waals surface area (Å²) in [5, 5.41) is 0. The van der Waals surface area contributed by atoms with E-state index in [0.29, 0.717) is 6.42 Å². The third-order valence-electron chi connectivity index (χ3n) is 2.21. The van der Waals surface area contributed by atoms with Crippen LogP contribution in [-0.4, -0.2) is 19.7 Å². The number of nitrogens with zero attached hydrogens (tertiary/aromatic N) is 1. The minimum Gasteiger partial charge on any atom is -0.449 e. The van der Waals surface area contributed by atoms with Gasteiger partial charge in [-0.1, -0.05) is 12.1 Å². The number of ether oxygens (including phenoxy) is 1. The highest BCUT2D eigenvalue weighted by molar-refractivity contribution is 5.88. The Hall–Kier alpha value is -1.72. The van der Waals surface area contributed by atoms with Gasteiger partial charge in [-0.2, -0.15) is 13.2 Å². The van der Waals surface area contributed by atoms with Gasteiger partial charge in [0.2, 0.25) is 0 Å². The van der Waals surface area contributed by atoms with Gasteiger partial charge in [0, 0.05) is 7.05 Å². The van der Waals surface area contributed by atoms with Crippen LogP contribution in [0.25, 0.3) is 0 Å². The monoisotopic (exact) mass is 260 g/mol. The first-order valence-electron chi connectivity index (χ1n) is 5.24. The summed E-state index contributed by atoms with van der Waals surface area (Å²) in [6.45, 7) is 3.54. The number of benzene rings is 1. The van der Waals surface area contributed by atoms with Crippen LogP contribution in [0.4, 0.5) is 23.7 Å². The number of anilines is 1. The highest BCUT2D eigenvalue weighted by Crippen LogP contribution is 2.36. The molecule has 1 rings (SSSR count). The SMILES string of the molecule is [CH2]CCOC(=O)N(C)c1ccccc1C(F)(F)F. The van der Waals surface area contributed by atoms with E-state index < -0.39 is 17.8 Å². The van der Waals surface area contributed by atoms with Crippen molar-refractivity contribution in [2.24, 2.45) is 0 Å². The molecule has 0 saturated carbocycles. The van der Waals surface area contributed by atoms with Crippen molar-refractivity contribution in [1.29, 1.82) is 0 Å². The Morgan fingerprint density at radius 2 is 2.00 bits per heavy atom. The van der Waals surface area contributed by atoms with Gasteiger partial charge in [-0.05, 0) is 25.5 Å². The zero-order chi connectivity index (χ0) is 13.8. The number of amides is 1. The lowest BCUT2D eigenvalue weighted by molar-refractivity contribution is -0.137. The van der Waals surface area contributed by atoms with Crippen LogP contribution in [0.1, 0.15) is 12.0 Å². The van der Waals surface area contributed by atoms with E-state index in [4.69, 9.17) is 4.74 Å². The molecule has 0 unspecified atom stereocenters. The molecule has 3 nitrogen and oxygen atoms in total. The summed E-state index contributed by atoms with van der Waals surface area (Å²) in [5.74, 6) is 0. The lowest BCUT2D eigenvalue weighted by atomic mass is 10.1. The number of alkyl halides is 3. The summed E-state index contributed by atoms with van der Waals surface area (Å²) in [6, 6.07) is 4.83. The number of carbonyl (C=O) groups excluding carboxylic acids is 1. The zero-order valence-corrected chi connectivity index (χ0v) is 9.83. The maximum Gasteiger partial charge on any atom is 0.418 e. The number of carbonyl (C=O) groups is 1. The summed E-state index contributed by atoms with van der Waals surface area (Å²) in [7, 11) is 1.23. The molecule has 99 valence electrons. The van der Waals surface area contributed by atoms with Crippen LogP contribution in [0, 0.1) is 6.92 Å². The molecule has 0 heterocycles. The van der Waals surface area contributed by atoms with Gasteiger partial charge in [-0.3, -0.25) is 4.90 Å². The molecule has 0 bridgehead atoms. The van der Waals surface area contributed by atoms with Crippen molar-refractivity contribution < 1.29 is 22.7 Å². The lowest BCUT2D eigenvalue weighted by Crippen LogP contribution is -2.29. The molecule has 1 amide bonds. The highest BCUT2D eigenvalue weighted by Gasteiger charge is 2.35. The molecule has 0 atom stereocenters. The fraction of sp³-hybridized carbons (Fsp3) is 0.333. The topological polar surface area (TPSA) is 29.5 Å². The number of halogens is 3. The van der Waals surface area contributed by atoms with Gasteiger partial charge in [-0.15, -0.1) is 0 Å². The van der Waals surface area contributed by atoms with Gasteiger partial charge < -0.3 is 4.74 Å². The maximum absolute atomic E-state index is 12.7. The van der Waals surface area contributed by atoms with Crippen molar-refractivity contribution in [3.63, 3.8) is 0 Å². The van der Waals surface area contributed by atoms with Crippen molar-refractivity contribution in [1.82, 2.24) is 0 Å². The molecule has 0 fully saturated rings. The maximum atomic E-state index is 12.7. The first kappa shape index (κ1) is 14.3. The Balaban J connectivity index is 2.99. The molecule has 18 heavy (non-hydrogen) atoms. The standard InChI is InChI=1S/C12H13F3NO2/c1-3-8-18-11(17)16(2)10-7-5-4-6-9(10)12(13,14)15/h4-7H,1,3,8H2,2H3. The number of hydrogen-bond acceptors (Lipinski definition) is 2. The molecule has 1 aromatic rings. The van der Waals surface area contributed by atoms with Crippen LogP contribution in [0.3, 0.4) is 0 Å². The molecular formula is C12H13F3NO2. The van der Waals surface area contributed by atoms with Crippen LogP contribution in [0.2, 0.25) is 0 Å². The smallest absolute Gasteiger partial charge is 0.418 e. The summed E-state index contributed by atoms with van der Waals surface area (Å²) >= 11 is 0. The first-order chi connectivity index (χ1) is 8.38. The van der Waals surface area contributed by atoms with E-state index >= 15 is 0 Å². The van der Waals surface area contributed by atoms with Gasteiger partial charge in [0.15, 0.2) is 0 Å². The average molecular weight is 260 g/mol. The predicted octanol–water partition coefficient (Wildman–Crippen LogP) is 3.50. The summed E-state index contributed by atoms with van der Waals surface area (Å²) in [6.07, 6.45) is -4.99. The fourth-order valence-electron chi connectivity index (χ4n) is 1.36. The van der Waals surface area contributed by atoms with E-state index in [0.717, 1.165) is 11.0 Å². The van der Waals surface area contributed by atoms with Gasteiger partial charge in [0.1, 0.15) is 0 Å². The molecule has 0 N–H and O–H groups in total. The van der Waals surface area contributed by atoms with Crippen molar-refractivity contribution in [2.75, 3.05) is 18.6 Å². The van der Waals surface area contributed by atoms with Crippen LogP contribution >= 0.6 is 0 Å². The average Bonchev–Trinajstić information content (AvgIpc) is 2.34. The molecule has 0 spiro atoms. The number of para-hydroxylation sites is 1. The van der Waals surface area contributed by atoms with Crippen LogP contribution in [0.5, 0.6) is 0 Å². The molecule has 0 aliphatic rings. The van der Waals surface area contributed by atoms with E-state index in [1.165, 1.54) is 25.2 Å². The van der Waals surface area contributed by atoms with Crippen molar-refractivity contribution >= 4 is 11.8 Å². The Morgan fingerprint density at radius 3 is 2.56 bits per heavy atom. The minimum absolute atomic E-state index is 0.0668. The van der Waals surface area contributed by atoms with Crippen molar-refractivity contribution in [3.05, 3.63) is 36.8 Å². The highest BCUT2D eigenvalue weighted by atomic mass is 19.4. The molecule has 1 aromatic carbocycles. The Bertz CT molecular complexity index is 418. The normalized spacial score (nSPS) is 11.2. The largest absolute Gasteiger partial charge is 0.449 e. The first-order valence-corrected chi connectivity index (χ1v) is 5.24. The Kier molecular flexibility index (Phi) is 4.58. The van der Waals surface area contributed by atoms with Crippen LogP contribution < -0.4 is 4.90 Å². The third-order valence-corrected chi connectivity index (χ3v) is 2.21. The minimum atomic E-state index is -4.52. The second-order valence-electron chi connectivity index (χ2n) is 3.54. The number of rotatable bonds is 3.